The Morgan fingerprint density at radius 1 is 0.612 bits per heavy atom. The zero-order valence-corrected chi connectivity index (χ0v) is 33.1. The lowest BCUT2D eigenvalue weighted by Gasteiger charge is -2.24. The second kappa shape index (κ2) is 32.4. The first-order valence-corrected chi connectivity index (χ1v) is 21.1. The third-order valence-electron chi connectivity index (χ3n) is 8.20. The molecule has 288 valence electrons. The summed E-state index contributed by atoms with van der Waals surface area (Å²) < 4.78 is 34.1. The lowest BCUT2D eigenvalue weighted by molar-refractivity contribution is -0.870. The van der Waals surface area contributed by atoms with E-state index in [9.17, 15) is 19.0 Å². The maximum atomic E-state index is 12.6. The van der Waals surface area contributed by atoms with E-state index in [0.717, 1.165) is 77.0 Å². The van der Waals surface area contributed by atoms with Gasteiger partial charge in [0, 0.05) is 12.8 Å². The summed E-state index contributed by atoms with van der Waals surface area (Å²) in [6.07, 6.45) is 32.2. The third-order valence-corrected chi connectivity index (χ3v) is 9.19. The minimum Gasteiger partial charge on any atom is -0.462 e. The Bertz CT molecular complexity index is 902. The topological polar surface area (TPSA) is 108 Å². The first-order chi connectivity index (χ1) is 23.5. The Morgan fingerprint density at radius 2 is 1.06 bits per heavy atom. The van der Waals surface area contributed by atoms with Crippen molar-refractivity contribution in [2.75, 3.05) is 47.5 Å². The highest BCUT2D eigenvalue weighted by molar-refractivity contribution is 7.47. The molecule has 0 aromatic heterocycles. The number of rotatable bonds is 35. The van der Waals surface area contributed by atoms with Gasteiger partial charge in [-0.1, -0.05) is 115 Å². The van der Waals surface area contributed by atoms with Gasteiger partial charge in [0.15, 0.2) is 6.10 Å². The molecular formula is C39H75NO8P+. The number of carbonyl (C=O) groups is 2. The molecule has 0 aliphatic carbocycles. The average molecular weight is 717 g/mol. The van der Waals surface area contributed by atoms with E-state index in [4.69, 9.17) is 18.5 Å². The molecule has 0 saturated heterocycles. The zero-order valence-electron chi connectivity index (χ0n) is 32.2. The van der Waals surface area contributed by atoms with Crippen molar-refractivity contribution < 1.29 is 42.1 Å². The number of nitrogens with zero attached hydrogens (tertiary/aromatic N) is 1. The van der Waals surface area contributed by atoms with E-state index < -0.39 is 26.5 Å². The number of quaternary nitrogens is 1. The molecule has 9 nitrogen and oxygen atoms in total. The van der Waals surface area contributed by atoms with Gasteiger partial charge in [-0.05, 0) is 57.8 Å². The van der Waals surface area contributed by atoms with Gasteiger partial charge in [0.05, 0.1) is 27.7 Å². The molecule has 2 atom stereocenters. The predicted octanol–water partition coefficient (Wildman–Crippen LogP) is 10.4. The van der Waals surface area contributed by atoms with Crippen LogP contribution in [0.2, 0.25) is 0 Å². The van der Waals surface area contributed by atoms with E-state index in [-0.39, 0.29) is 32.0 Å². The first-order valence-electron chi connectivity index (χ1n) is 19.6. The van der Waals surface area contributed by atoms with Crippen molar-refractivity contribution in [2.45, 2.75) is 168 Å². The van der Waals surface area contributed by atoms with Crippen LogP contribution in [-0.2, 0) is 32.7 Å². The van der Waals surface area contributed by atoms with Gasteiger partial charge in [0.2, 0.25) is 0 Å². The molecule has 0 fully saturated rings. The molecule has 0 bridgehead atoms. The average Bonchev–Trinajstić information content (AvgIpc) is 3.04. The second-order valence-electron chi connectivity index (χ2n) is 14.3. The molecule has 0 amide bonds. The van der Waals surface area contributed by atoms with Crippen molar-refractivity contribution in [3.63, 3.8) is 0 Å². The maximum absolute atomic E-state index is 12.6. The highest BCUT2D eigenvalue weighted by Gasteiger charge is 2.27. The Kier molecular flexibility index (Phi) is 31.4. The van der Waals surface area contributed by atoms with Gasteiger partial charge in [-0.3, -0.25) is 18.6 Å². The molecule has 0 radical (unpaired) electrons. The number of unbranched alkanes of at least 4 members (excludes halogenated alkanes) is 17. The Labute approximate surface area is 300 Å². The minimum absolute atomic E-state index is 0.0295. The maximum Gasteiger partial charge on any atom is 0.472 e. The van der Waals surface area contributed by atoms with Gasteiger partial charge in [-0.15, -0.1) is 0 Å². The fraction of sp³-hybridized carbons (Fsp3) is 0.846. The summed E-state index contributed by atoms with van der Waals surface area (Å²) in [4.78, 5) is 35.1. The number of hydrogen-bond acceptors (Lipinski definition) is 7. The monoisotopic (exact) mass is 717 g/mol. The fourth-order valence-electron chi connectivity index (χ4n) is 5.05. The van der Waals surface area contributed by atoms with Crippen LogP contribution in [-0.4, -0.2) is 74.9 Å². The van der Waals surface area contributed by atoms with Crippen molar-refractivity contribution in [3.05, 3.63) is 24.3 Å². The molecule has 1 N–H and O–H groups in total. The van der Waals surface area contributed by atoms with E-state index in [0.29, 0.717) is 17.4 Å². The van der Waals surface area contributed by atoms with Crippen LogP contribution in [0.3, 0.4) is 0 Å². The Hall–Kier alpha value is -1.51. The summed E-state index contributed by atoms with van der Waals surface area (Å²) in [6, 6.07) is 0. The van der Waals surface area contributed by atoms with Gasteiger partial charge in [-0.25, -0.2) is 4.57 Å². The number of phosphoric ester groups is 1. The molecule has 0 rings (SSSR count). The summed E-state index contributed by atoms with van der Waals surface area (Å²) in [6.45, 7) is 4.34. The highest BCUT2D eigenvalue weighted by atomic mass is 31.2. The molecule has 0 saturated carbocycles. The van der Waals surface area contributed by atoms with Crippen molar-refractivity contribution in [3.8, 4) is 0 Å². The number of carbonyl (C=O) groups excluding carboxylic acids is 2. The van der Waals surface area contributed by atoms with Gasteiger partial charge < -0.3 is 18.9 Å². The van der Waals surface area contributed by atoms with Crippen LogP contribution >= 0.6 is 7.82 Å². The number of esters is 2. The van der Waals surface area contributed by atoms with Crippen molar-refractivity contribution in [1.82, 2.24) is 0 Å². The van der Waals surface area contributed by atoms with E-state index in [2.05, 4.69) is 38.2 Å². The number of hydrogen-bond donors (Lipinski definition) is 1. The molecule has 0 aromatic carbocycles. The van der Waals surface area contributed by atoms with Gasteiger partial charge >= 0.3 is 19.8 Å². The molecule has 0 heterocycles. The smallest absolute Gasteiger partial charge is 0.462 e. The molecule has 1 unspecified atom stereocenters. The van der Waals surface area contributed by atoms with E-state index in [1.54, 1.807) is 0 Å². The SMILES string of the molecule is CCCC/C=C\CCCCCCCC(=O)O[C@H](COC(=O)CCCCCCC/C=C\CCCCCCC)COP(=O)(O)OCC[N+](C)(C)C. The summed E-state index contributed by atoms with van der Waals surface area (Å²) >= 11 is 0. The van der Waals surface area contributed by atoms with Crippen LogP contribution in [0.15, 0.2) is 24.3 Å². The lowest BCUT2D eigenvalue weighted by atomic mass is 10.1. The van der Waals surface area contributed by atoms with Gasteiger partial charge in [0.1, 0.15) is 19.8 Å². The summed E-state index contributed by atoms with van der Waals surface area (Å²) in [5.41, 5.74) is 0. The van der Waals surface area contributed by atoms with Crippen LogP contribution in [0.5, 0.6) is 0 Å². The summed E-state index contributed by atoms with van der Waals surface area (Å²) in [5, 5.41) is 0. The zero-order chi connectivity index (χ0) is 36.5. The van der Waals surface area contributed by atoms with E-state index in [1.165, 1.54) is 51.4 Å². The molecule has 0 aromatic rings. The molecular weight excluding hydrogens is 641 g/mol. The normalized spacial score (nSPS) is 14.0. The first kappa shape index (κ1) is 47.5. The van der Waals surface area contributed by atoms with Crippen molar-refractivity contribution in [2.24, 2.45) is 0 Å². The predicted molar refractivity (Wildman–Crippen MR) is 201 cm³/mol. The summed E-state index contributed by atoms with van der Waals surface area (Å²) in [7, 11) is 1.46. The fourth-order valence-corrected chi connectivity index (χ4v) is 5.79. The molecule has 49 heavy (non-hydrogen) atoms. The number of ether oxygens (including phenoxy) is 2. The van der Waals surface area contributed by atoms with Crippen molar-refractivity contribution >= 4 is 19.8 Å². The van der Waals surface area contributed by atoms with Crippen LogP contribution in [0.1, 0.15) is 162 Å². The number of phosphoric acid groups is 1. The molecule has 10 heteroatoms. The Balaban J connectivity index is 4.44. The summed E-state index contributed by atoms with van der Waals surface area (Å²) in [5.74, 6) is -0.821. The lowest BCUT2D eigenvalue weighted by Crippen LogP contribution is -2.37. The minimum atomic E-state index is -4.37. The van der Waals surface area contributed by atoms with Crippen molar-refractivity contribution in [1.29, 1.82) is 0 Å². The van der Waals surface area contributed by atoms with Crippen LogP contribution in [0, 0.1) is 0 Å². The number of allylic oxidation sites excluding steroid dienone is 4. The standard InChI is InChI=1S/C39H74NO8P/c1-6-8-10-12-14-16-18-19-20-22-23-25-27-29-31-38(41)45-35-37(36-47-49(43,44)46-34-33-40(3,4)5)48-39(42)32-30-28-26-24-21-17-15-13-11-9-7-2/h13,15,18-19,37H,6-12,14,16-17,20-36H2,1-5H3/p+1/b15-13-,19-18-/t37-/m1/s1. The molecule has 0 aliphatic rings. The molecule has 0 spiro atoms. The molecule has 0 aliphatic heterocycles. The van der Waals surface area contributed by atoms with Crippen LogP contribution in [0.4, 0.5) is 0 Å². The quantitative estimate of drug-likeness (QED) is 0.0227. The second-order valence-corrected chi connectivity index (χ2v) is 15.8. The van der Waals surface area contributed by atoms with Gasteiger partial charge in [-0.2, -0.15) is 0 Å². The highest BCUT2D eigenvalue weighted by Crippen LogP contribution is 2.43. The third kappa shape index (κ3) is 36.1. The van der Waals surface area contributed by atoms with Crippen LogP contribution in [0.25, 0.3) is 0 Å². The van der Waals surface area contributed by atoms with Crippen LogP contribution < -0.4 is 0 Å². The van der Waals surface area contributed by atoms with Gasteiger partial charge in [0.25, 0.3) is 0 Å². The van der Waals surface area contributed by atoms with E-state index in [1.807, 2.05) is 21.1 Å². The number of likely N-dealkylation sites (N-methyl/N-ethyl adjacent to an activating group) is 1. The van der Waals surface area contributed by atoms with E-state index >= 15 is 0 Å². The largest absolute Gasteiger partial charge is 0.472 e. The Morgan fingerprint density at radius 3 is 1.57 bits per heavy atom.